The second-order valence-corrected chi connectivity index (χ2v) is 7.80. The predicted octanol–water partition coefficient (Wildman–Crippen LogP) is 5.94. The highest BCUT2D eigenvalue weighted by Crippen LogP contribution is 2.27. The molecular formula is C24H23N3O2S. The number of hydrogen-bond donors (Lipinski definition) is 0. The number of hydrogen-bond acceptors (Lipinski definition) is 5. The summed E-state index contributed by atoms with van der Waals surface area (Å²) in [5.41, 5.74) is 6.09. The summed E-state index contributed by atoms with van der Waals surface area (Å²) < 4.78 is 12.9. The van der Waals surface area contributed by atoms with Crippen molar-refractivity contribution in [2.24, 2.45) is 10.1 Å². The summed E-state index contributed by atoms with van der Waals surface area (Å²) in [6.45, 7) is 6.16. The summed E-state index contributed by atoms with van der Waals surface area (Å²) in [4.78, 5) is 5.60. The molecule has 0 saturated carbocycles. The van der Waals surface area contributed by atoms with Crippen LogP contribution in [0.4, 0.5) is 5.69 Å². The Kier molecular flexibility index (Phi) is 5.68. The first-order valence-electron chi connectivity index (χ1n) is 9.62. The van der Waals surface area contributed by atoms with Crippen LogP contribution in [0.15, 0.2) is 80.8 Å². The molecule has 0 aliphatic rings. The zero-order chi connectivity index (χ0) is 21.1. The topological polar surface area (TPSA) is 52.0 Å². The van der Waals surface area contributed by atoms with Gasteiger partial charge >= 0.3 is 0 Å². The Hall–Kier alpha value is -3.38. The Morgan fingerprint density at radius 3 is 2.60 bits per heavy atom. The summed E-state index contributed by atoms with van der Waals surface area (Å²) in [7, 11) is 1.65. The first-order valence-corrected chi connectivity index (χ1v) is 10.5. The Labute approximate surface area is 179 Å². The molecular weight excluding hydrogens is 394 g/mol. The molecule has 0 unspecified atom stereocenters. The van der Waals surface area contributed by atoms with Gasteiger partial charge in [-0.25, -0.2) is 9.67 Å². The van der Waals surface area contributed by atoms with Gasteiger partial charge in [-0.2, -0.15) is 5.10 Å². The lowest BCUT2D eigenvalue weighted by molar-refractivity contribution is 0.416. The number of ether oxygens (including phenoxy) is 1. The smallest absolute Gasteiger partial charge is 0.211 e. The number of benzene rings is 2. The molecule has 4 aromatic rings. The van der Waals surface area contributed by atoms with E-state index < -0.39 is 0 Å². The van der Waals surface area contributed by atoms with E-state index in [1.54, 1.807) is 13.4 Å². The minimum atomic E-state index is 0.719. The highest BCUT2D eigenvalue weighted by atomic mass is 32.1. The van der Waals surface area contributed by atoms with Crippen molar-refractivity contribution >= 4 is 22.7 Å². The lowest BCUT2D eigenvalue weighted by Gasteiger charge is -2.08. The summed E-state index contributed by atoms with van der Waals surface area (Å²) in [5.74, 6) is 1.44. The first-order chi connectivity index (χ1) is 14.6. The molecule has 2 heterocycles. The summed E-state index contributed by atoms with van der Waals surface area (Å²) in [5, 5.41) is 6.94. The number of para-hydroxylation sites is 2. The first kappa shape index (κ1) is 19.9. The van der Waals surface area contributed by atoms with E-state index in [1.165, 1.54) is 22.5 Å². The molecule has 4 rings (SSSR count). The largest absolute Gasteiger partial charge is 0.494 e. The number of methoxy groups -OCH3 is 1. The van der Waals surface area contributed by atoms with Crippen LogP contribution >= 0.6 is 11.3 Å². The van der Waals surface area contributed by atoms with Crippen molar-refractivity contribution in [3.8, 4) is 17.0 Å². The molecule has 0 fully saturated rings. The molecule has 0 spiro atoms. The molecule has 6 heteroatoms. The molecule has 0 aliphatic heterocycles. The number of aryl methyl sites for hydroxylation is 2. The molecule has 0 bridgehead atoms. The number of nitrogens with zero attached hydrogens (tertiary/aromatic N) is 3. The minimum absolute atomic E-state index is 0.719. The van der Waals surface area contributed by atoms with Gasteiger partial charge in [0.25, 0.3) is 0 Å². The van der Waals surface area contributed by atoms with Gasteiger partial charge in [0.1, 0.15) is 22.9 Å². The molecule has 5 nitrogen and oxygen atoms in total. The maximum Gasteiger partial charge on any atom is 0.211 e. The monoisotopic (exact) mass is 417 g/mol. The van der Waals surface area contributed by atoms with Crippen LogP contribution in [-0.4, -0.2) is 17.5 Å². The Bertz CT molecular complexity index is 1260. The molecule has 0 amide bonds. The maximum atomic E-state index is 5.53. The fourth-order valence-electron chi connectivity index (χ4n) is 3.08. The van der Waals surface area contributed by atoms with E-state index >= 15 is 0 Å². The van der Waals surface area contributed by atoms with Crippen molar-refractivity contribution in [3.63, 3.8) is 0 Å². The minimum Gasteiger partial charge on any atom is -0.494 e. The van der Waals surface area contributed by atoms with Gasteiger partial charge in [-0.15, -0.1) is 11.3 Å². The van der Waals surface area contributed by atoms with Gasteiger partial charge < -0.3 is 9.15 Å². The Morgan fingerprint density at radius 2 is 1.87 bits per heavy atom. The van der Waals surface area contributed by atoms with Crippen LogP contribution in [0.2, 0.25) is 0 Å². The third-order valence-electron chi connectivity index (χ3n) is 4.92. The van der Waals surface area contributed by atoms with Crippen molar-refractivity contribution in [2.45, 2.75) is 20.8 Å². The normalized spacial score (nSPS) is 12.4. The lowest BCUT2D eigenvalue weighted by Crippen LogP contribution is -2.13. The van der Waals surface area contributed by atoms with Crippen LogP contribution in [0, 0.1) is 13.8 Å². The average Bonchev–Trinajstić information content (AvgIpc) is 3.42. The van der Waals surface area contributed by atoms with Crippen LogP contribution in [0.5, 0.6) is 5.75 Å². The standard InChI is InChI=1S/C24H23N3O2S/c1-16-11-12-19(14-17(16)2)21-15-30-24(25-20-8-5-6-9-23(20)28-4)27(21)26-18(3)22-10-7-13-29-22/h5-15H,1-4H3. The molecule has 0 N–H and O–H groups in total. The number of thiazole rings is 1. The summed E-state index contributed by atoms with van der Waals surface area (Å²) in [6, 6.07) is 17.9. The average molecular weight is 418 g/mol. The highest BCUT2D eigenvalue weighted by molar-refractivity contribution is 7.07. The maximum absolute atomic E-state index is 5.53. The van der Waals surface area contributed by atoms with E-state index in [1.807, 2.05) is 48.0 Å². The van der Waals surface area contributed by atoms with Crippen molar-refractivity contribution < 1.29 is 9.15 Å². The van der Waals surface area contributed by atoms with Crippen molar-refractivity contribution in [1.82, 2.24) is 4.68 Å². The number of rotatable bonds is 5. The van der Waals surface area contributed by atoms with E-state index in [-0.39, 0.29) is 0 Å². The third-order valence-corrected chi connectivity index (χ3v) is 5.73. The number of furan rings is 1. The molecule has 152 valence electrons. The van der Waals surface area contributed by atoms with Gasteiger partial charge in [0.2, 0.25) is 4.80 Å². The van der Waals surface area contributed by atoms with Crippen LogP contribution in [0.3, 0.4) is 0 Å². The predicted molar refractivity (Wildman–Crippen MR) is 122 cm³/mol. The van der Waals surface area contributed by atoms with Crippen LogP contribution < -0.4 is 9.54 Å². The quantitative estimate of drug-likeness (QED) is 0.377. The molecule has 2 aromatic carbocycles. The van der Waals surface area contributed by atoms with Gasteiger partial charge in [0.05, 0.1) is 19.1 Å². The number of aromatic nitrogens is 1. The van der Waals surface area contributed by atoms with Crippen molar-refractivity contribution in [2.75, 3.05) is 7.11 Å². The summed E-state index contributed by atoms with van der Waals surface area (Å²) >= 11 is 1.54. The molecule has 0 aliphatic carbocycles. The van der Waals surface area contributed by atoms with Gasteiger partial charge in [0.15, 0.2) is 0 Å². The van der Waals surface area contributed by atoms with Crippen molar-refractivity contribution in [3.05, 3.63) is 87.9 Å². The highest BCUT2D eigenvalue weighted by Gasteiger charge is 2.11. The van der Waals surface area contributed by atoms with E-state index in [9.17, 15) is 0 Å². The second kappa shape index (κ2) is 8.55. The van der Waals surface area contributed by atoms with E-state index in [2.05, 4.69) is 37.4 Å². The van der Waals surface area contributed by atoms with Crippen LogP contribution in [0.1, 0.15) is 23.8 Å². The van der Waals surface area contributed by atoms with Gasteiger partial charge in [-0.05, 0) is 62.2 Å². The fraction of sp³-hybridized carbons (Fsp3) is 0.167. The van der Waals surface area contributed by atoms with Gasteiger partial charge in [-0.1, -0.05) is 24.3 Å². The zero-order valence-electron chi connectivity index (χ0n) is 17.4. The van der Waals surface area contributed by atoms with Gasteiger partial charge in [-0.3, -0.25) is 0 Å². The molecule has 0 radical (unpaired) electrons. The molecule has 30 heavy (non-hydrogen) atoms. The second-order valence-electron chi connectivity index (χ2n) is 6.96. The molecule has 2 aromatic heterocycles. The van der Waals surface area contributed by atoms with Crippen LogP contribution in [0.25, 0.3) is 11.3 Å². The third kappa shape index (κ3) is 4.00. The van der Waals surface area contributed by atoms with E-state index in [0.717, 1.165) is 39.0 Å². The van der Waals surface area contributed by atoms with E-state index in [0.29, 0.717) is 0 Å². The Balaban J connectivity index is 1.93. The summed E-state index contributed by atoms with van der Waals surface area (Å²) in [6.07, 6.45) is 1.65. The lowest BCUT2D eigenvalue weighted by atomic mass is 10.1. The van der Waals surface area contributed by atoms with Crippen molar-refractivity contribution in [1.29, 1.82) is 0 Å². The van der Waals surface area contributed by atoms with Crippen LogP contribution in [-0.2, 0) is 0 Å². The van der Waals surface area contributed by atoms with Gasteiger partial charge in [0, 0.05) is 10.9 Å². The zero-order valence-corrected chi connectivity index (χ0v) is 18.2. The fourth-order valence-corrected chi connectivity index (χ4v) is 3.92. The molecule has 0 saturated heterocycles. The SMILES string of the molecule is COc1ccccc1N=c1scc(-c2ccc(C)c(C)c2)n1N=C(C)c1ccco1. The Morgan fingerprint density at radius 1 is 1.03 bits per heavy atom. The van der Waals surface area contributed by atoms with E-state index in [4.69, 9.17) is 19.2 Å². The molecule has 0 atom stereocenters.